The number of ether oxygens (including phenoxy) is 1. The topological polar surface area (TPSA) is 29.5 Å². The summed E-state index contributed by atoms with van der Waals surface area (Å²) in [6.45, 7) is 5.81. The van der Waals surface area contributed by atoms with Crippen molar-refractivity contribution in [1.82, 2.24) is 4.90 Å². The molecule has 0 aliphatic rings. The van der Waals surface area contributed by atoms with Crippen LogP contribution in [0.4, 0.5) is 0 Å². The number of hydrogen-bond donors (Lipinski definition) is 0. The first-order valence-corrected chi connectivity index (χ1v) is 4.54. The highest BCUT2D eigenvalue weighted by Crippen LogP contribution is 1.91. The Bertz CT molecular complexity index is 126. The minimum absolute atomic E-state index is 0.129. The van der Waals surface area contributed by atoms with E-state index in [9.17, 15) is 4.79 Å². The predicted octanol–water partition coefficient (Wildman–Crippen LogP) is 1.28. The van der Waals surface area contributed by atoms with Crippen LogP contribution in [0.15, 0.2) is 0 Å². The summed E-state index contributed by atoms with van der Waals surface area (Å²) in [5.41, 5.74) is 0. The van der Waals surface area contributed by atoms with Gasteiger partial charge in [0.2, 0.25) is 0 Å². The fourth-order valence-corrected chi connectivity index (χ4v) is 0.934. The molecule has 0 aromatic carbocycles. The molecule has 0 unspecified atom stereocenters. The molecule has 0 aromatic heterocycles. The van der Waals surface area contributed by atoms with E-state index in [1.165, 1.54) is 0 Å². The van der Waals surface area contributed by atoms with Crippen LogP contribution in [0.25, 0.3) is 0 Å². The van der Waals surface area contributed by atoms with Crippen molar-refractivity contribution in [3.8, 4) is 0 Å². The lowest BCUT2D eigenvalue weighted by Crippen LogP contribution is -2.28. The molecule has 0 atom stereocenters. The zero-order chi connectivity index (χ0) is 9.40. The van der Waals surface area contributed by atoms with Crippen molar-refractivity contribution in [1.29, 1.82) is 0 Å². The lowest BCUT2D eigenvalue weighted by atomic mass is 10.3. The Hall–Kier alpha value is -0.570. The summed E-state index contributed by atoms with van der Waals surface area (Å²) in [5.74, 6) is -0.129. The molecule has 0 saturated carbocycles. The van der Waals surface area contributed by atoms with E-state index < -0.39 is 0 Å². The summed E-state index contributed by atoms with van der Waals surface area (Å²) in [5, 5.41) is 0. The van der Waals surface area contributed by atoms with Gasteiger partial charge in [-0.25, -0.2) is 0 Å². The van der Waals surface area contributed by atoms with Gasteiger partial charge in [0.1, 0.15) is 0 Å². The van der Waals surface area contributed by atoms with Crippen LogP contribution in [-0.4, -0.2) is 37.6 Å². The molecule has 3 heteroatoms. The minimum atomic E-state index is -0.129. The van der Waals surface area contributed by atoms with E-state index in [-0.39, 0.29) is 5.97 Å². The number of carbonyl (C=O) groups is 1. The Morgan fingerprint density at radius 1 is 1.42 bits per heavy atom. The van der Waals surface area contributed by atoms with Crippen LogP contribution in [0.5, 0.6) is 0 Å². The second-order valence-electron chi connectivity index (χ2n) is 2.90. The standard InChI is InChI=1S/C9H19NO2/c1-4-6-7-10(3)8-9(11)12-5-2/h4-8H2,1-3H3. The van der Waals surface area contributed by atoms with Crippen molar-refractivity contribution < 1.29 is 9.53 Å². The first-order valence-electron chi connectivity index (χ1n) is 4.54. The first kappa shape index (κ1) is 11.4. The molecular weight excluding hydrogens is 154 g/mol. The zero-order valence-electron chi connectivity index (χ0n) is 8.30. The Balaban J connectivity index is 3.40. The number of unbranched alkanes of at least 4 members (excludes halogenated alkanes) is 1. The molecule has 0 rings (SSSR count). The Morgan fingerprint density at radius 3 is 2.58 bits per heavy atom. The number of rotatable bonds is 6. The Labute approximate surface area is 74.7 Å². The van der Waals surface area contributed by atoms with Gasteiger partial charge in [0.05, 0.1) is 13.2 Å². The molecule has 0 radical (unpaired) electrons. The van der Waals surface area contributed by atoms with Crippen LogP contribution in [0.3, 0.4) is 0 Å². The normalized spacial score (nSPS) is 10.3. The molecule has 0 aromatic rings. The second-order valence-corrected chi connectivity index (χ2v) is 2.90. The number of likely N-dealkylation sites (N-methyl/N-ethyl adjacent to an activating group) is 1. The van der Waals surface area contributed by atoms with Crippen molar-refractivity contribution >= 4 is 5.97 Å². The third kappa shape index (κ3) is 6.16. The van der Waals surface area contributed by atoms with E-state index in [1.807, 2.05) is 18.9 Å². The molecule has 3 nitrogen and oxygen atoms in total. The van der Waals surface area contributed by atoms with Gasteiger partial charge in [0.15, 0.2) is 0 Å². The molecule has 0 aliphatic heterocycles. The Kier molecular flexibility index (Phi) is 6.76. The first-order chi connectivity index (χ1) is 5.70. The summed E-state index contributed by atoms with van der Waals surface area (Å²) in [7, 11) is 1.94. The second kappa shape index (κ2) is 7.10. The van der Waals surface area contributed by atoms with Gasteiger partial charge in [-0.15, -0.1) is 0 Å². The van der Waals surface area contributed by atoms with Crippen molar-refractivity contribution in [2.24, 2.45) is 0 Å². The zero-order valence-corrected chi connectivity index (χ0v) is 8.30. The smallest absolute Gasteiger partial charge is 0.320 e. The van der Waals surface area contributed by atoms with Crippen molar-refractivity contribution in [2.75, 3.05) is 26.7 Å². The van der Waals surface area contributed by atoms with E-state index in [0.717, 1.165) is 19.4 Å². The lowest BCUT2D eigenvalue weighted by Gasteiger charge is -2.14. The molecule has 0 aliphatic carbocycles. The molecule has 12 heavy (non-hydrogen) atoms. The van der Waals surface area contributed by atoms with Crippen molar-refractivity contribution in [2.45, 2.75) is 26.7 Å². The third-order valence-electron chi connectivity index (χ3n) is 1.60. The van der Waals surface area contributed by atoms with Gasteiger partial charge in [0, 0.05) is 0 Å². The largest absolute Gasteiger partial charge is 0.465 e. The summed E-state index contributed by atoms with van der Waals surface area (Å²) in [6, 6.07) is 0. The molecule has 0 fully saturated rings. The molecule has 0 bridgehead atoms. The summed E-state index contributed by atoms with van der Waals surface area (Å²) < 4.78 is 4.81. The van der Waals surface area contributed by atoms with Gasteiger partial charge >= 0.3 is 5.97 Å². The highest BCUT2D eigenvalue weighted by Gasteiger charge is 2.05. The van der Waals surface area contributed by atoms with Gasteiger partial charge in [-0.3, -0.25) is 9.69 Å². The van der Waals surface area contributed by atoms with Gasteiger partial charge < -0.3 is 4.74 Å². The van der Waals surface area contributed by atoms with E-state index >= 15 is 0 Å². The van der Waals surface area contributed by atoms with E-state index in [4.69, 9.17) is 4.74 Å². The molecule has 72 valence electrons. The van der Waals surface area contributed by atoms with Gasteiger partial charge in [-0.1, -0.05) is 13.3 Å². The monoisotopic (exact) mass is 173 g/mol. The quantitative estimate of drug-likeness (QED) is 0.567. The summed E-state index contributed by atoms with van der Waals surface area (Å²) in [4.78, 5) is 12.9. The number of esters is 1. The maximum absolute atomic E-state index is 11.0. The highest BCUT2D eigenvalue weighted by atomic mass is 16.5. The van der Waals surface area contributed by atoms with E-state index in [0.29, 0.717) is 13.2 Å². The third-order valence-corrected chi connectivity index (χ3v) is 1.60. The van der Waals surface area contributed by atoms with Crippen molar-refractivity contribution in [3.05, 3.63) is 0 Å². The number of nitrogens with zero attached hydrogens (tertiary/aromatic N) is 1. The SMILES string of the molecule is CCCCN(C)CC(=O)OCC. The molecule has 0 heterocycles. The van der Waals surface area contributed by atoms with Crippen LogP contribution >= 0.6 is 0 Å². The van der Waals surface area contributed by atoms with Crippen LogP contribution in [0.1, 0.15) is 26.7 Å². The van der Waals surface area contributed by atoms with Gasteiger partial charge in [-0.2, -0.15) is 0 Å². The summed E-state index contributed by atoms with van der Waals surface area (Å²) in [6.07, 6.45) is 2.29. The summed E-state index contributed by atoms with van der Waals surface area (Å²) >= 11 is 0. The van der Waals surface area contributed by atoms with Crippen LogP contribution < -0.4 is 0 Å². The minimum Gasteiger partial charge on any atom is -0.465 e. The fraction of sp³-hybridized carbons (Fsp3) is 0.889. The van der Waals surface area contributed by atoms with E-state index in [2.05, 4.69) is 6.92 Å². The van der Waals surface area contributed by atoms with Crippen LogP contribution in [0.2, 0.25) is 0 Å². The maximum Gasteiger partial charge on any atom is 0.320 e. The molecule has 0 spiro atoms. The van der Waals surface area contributed by atoms with Gasteiger partial charge in [0.25, 0.3) is 0 Å². The molecule has 0 N–H and O–H groups in total. The number of hydrogen-bond acceptors (Lipinski definition) is 3. The van der Waals surface area contributed by atoms with Crippen molar-refractivity contribution in [3.63, 3.8) is 0 Å². The fourth-order valence-electron chi connectivity index (χ4n) is 0.934. The van der Waals surface area contributed by atoms with Gasteiger partial charge in [-0.05, 0) is 26.9 Å². The van der Waals surface area contributed by atoms with Crippen LogP contribution in [-0.2, 0) is 9.53 Å². The molecule has 0 amide bonds. The van der Waals surface area contributed by atoms with Crippen LogP contribution in [0, 0.1) is 0 Å². The lowest BCUT2D eigenvalue weighted by molar-refractivity contribution is -0.144. The maximum atomic E-state index is 11.0. The Morgan fingerprint density at radius 2 is 2.08 bits per heavy atom. The molecule has 0 saturated heterocycles. The van der Waals surface area contributed by atoms with E-state index in [1.54, 1.807) is 0 Å². The predicted molar refractivity (Wildman–Crippen MR) is 49.0 cm³/mol. The number of carbonyl (C=O) groups excluding carboxylic acids is 1. The highest BCUT2D eigenvalue weighted by molar-refractivity contribution is 5.71. The molecular formula is C9H19NO2. The average Bonchev–Trinajstić information content (AvgIpc) is 2.01. The average molecular weight is 173 g/mol.